The van der Waals surface area contributed by atoms with Crippen molar-refractivity contribution in [2.24, 2.45) is 17.1 Å². The molecule has 0 amide bonds. The quantitative estimate of drug-likeness (QED) is 0.626. The molecule has 1 saturated carbocycles. The van der Waals surface area contributed by atoms with Gasteiger partial charge in [-0.3, -0.25) is 9.59 Å². The molecule has 0 heterocycles. The molecular weight excluding hydrogens is 198 g/mol. The van der Waals surface area contributed by atoms with E-state index >= 15 is 0 Å². The Morgan fingerprint density at radius 1 is 1.27 bits per heavy atom. The van der Waals surface area contributed by atoms with Gasteiger partial charge in [0.1, 0.15) is 0 Å². The van der Waals surface area contributed by atoms with Crippen molar-refractivity contribution < 1.29 is 19.8 Å². The summed E-state index contributed by atoms with van der Waals surface area (Å²) in [5, 5.41) is 18.0. The minimum atomic E-state index is -0.995. The molecule has 0 saturated heterocycles. The first-order valence-corrected chi connectivity index (χ1v) is 5.18. The van der Waals surface area contributed by atoms with Gasteiger partial charge in [-0.1, -0.05) is 12.8 Å². The molecule has 4 N–H and O–H groups in total. The molecule has 5 nitrogen and oxygen atoms in total. The molecule has 5 heteroatoms. The lowest BCUT2D eigenvalue weighted by molar-refractivity contribution is -0.152. The molecule has 0 aromatic carbocycles. The largest absolute Gasteiger partial charge is 0.481 e. The van der Waals surface area contributed by atoms with Gasteiger partial charge in [-0.05, 0) is 19.3 Å². The maximum atomic E-state index is 11.2. The first kappa shape index (κ1) is 12.0. The van der Waals surface area contributed by atoms with Gasteiger partial charge in [0.15, 0.2) is 0 Å². The van der Waals surface area contributed by atoms with Crippen LogP contribution in [0.2, 0.25) is 0 Å². The topological polar surface area (TPSA) is 101 Å². The molecule has 15 heavy (non-hydrogen) atoms. The summed E-state index contributed by atoms with van der Waals surface area (Å²) in [6.07, 6.45) is 3.04. The maximum absolute atomic E-state index is 11.2. The summed E-state index contributed by atoms with van der Waals surface area (Å²) in [4.78, 5) is 22.0. The monoisotopic (exact) mass is 215 g/mol. The Labute approximate surface area is 88.3 Å². The van der Waals surface area contributed by atoms with Gasteiger partial charge >= 0.3 is 11.9 Å². The number of carbonyl (C=O) groups is 2. The zero-order valence-corrected chi connectivity index (χ0v) is 8.61. The van der Waals surface area contributed by atoms with E-state index in [-0.39, 0.29) is 13.0 Å². The minimum absolute atomic E-state index is 0.00433. The van der Waals surface area contributed by atoms with Crippen LogP contribution < -0.4 is 5.73 Å². The van der Waals surface area contributed by atoms with E-state index in [0.717, 1.165) is 12.8 Å². The highest BCUT2D eigenvalue weighted by molar-refractivity contribution is 5.77. The van der Waals surface area contributed by atoms with Gasteiger partial charge in [0.2, 0.25) is 0 Å². The van der Waals surface area contributed by atoms with Gasteiger partial charge in [-0.15, -0.1) is 0 Å². The molecule has 0 spiro atoms. The van der Waals surface area contributed by atoms with E-state index in [2.05, 4.69) is 0 Å². The third kappa shape index (κ3) is 2.47. The van der Waals surface area contributed by atoms with Crippen molar-refractivity contribution in [3.63, 3.8) is 0 Å². The number of carboxylic acids is 2. The van der Waals surface area contributed by atoms with Crippen LogP contribution >= 0.6 is 0 Å². The van der Waals surface area contributed by atoms with Gasteiger partial charge in [0.05, 0.1) is 11.3 Å². The van der Waals surface area contributed by atoms with Crippen LogP contribution in [0.4, 0.5) is 0 Å². The van der Waals surface area contributed by atoms with Crippen LogP contribution in [0.15, 0.2) is 0 Å². The van der Waals surface area contributed by atoms with Gasteiger partial charge in [0, 0.05) is 6.54 Å². The normalized spacial score (nSPS) is 21.1. The van der Waals surface area contributed by atoms with Crippen molar-refractivity contribution in [3.8, 4) is 0 Å². The van der Waals surface area contributed by atoms with Crippen LogP contribution in [0.1, 0.15) is 32.1 Å². The van der Waals surface area contributed by atoms with Gasteiger partial charge in [-0.25, -0.2) is 0 Å². The Balaban J connectivity index is 2.74. The fourth-order valence-electron chi connectivity index (χ4n) is 2.30. The van der Waals surface area contributed by atoms with Crippen LogP contribution in [0, 0.1) is 11.3 Å². The Morgan fingerprint density at radius 2 is 1.80 bits per heavy atom. The Bertz CT molecular complexity index is 258. The summed E-state index contributed by atoms with van der Waals surface area (Å²) >= 11 is 0. The second kappa shape index (κ2) is 4.61. The smallest absolute Gasteiger partial charge is 0.309 e. The van der Waals surface area contributed by atoms with E-state index < -0.39 is 23.3 Å². The number of hydrogen-bond acceptors (Lipinski definition) is 3. The molecule has 86 valence electrons. The first-order valence-electron chi connectivity index (χ1n) is 5.18. The first-order chi connectivity index (χ1) is 7.02. The van der Waals surface area contributed by atoms with Crippen molar-refractivity contribution in [2.45, 2.75) is 32.1 Å². The van der Waals surface area contributed by atoms with E-state index in [4.69, 9.17) is 15.9 Å². The van der Waals surface area contributed by atoms with E-state index in [9.17, 15) is 9.59 Å². The Morgan fingerprint density at radius 3 is 2.13 bits per heavy atom. The third-order valence-corrected chi connectivity index (χ3v) is 3.29. The number of carboxylic acid groups (broad SMARTS) is 2. The van der Waals surface area contributed by atoms with E-state index in [0.29, 0.717) is 12.8 Å². The minimum Gasteiger partial charge on any atom is -0.481 e. The molecule has 0 aromatic rings. The molecule has 1 aliphatic rings. The average molecular weight is 215 g/mol. The average Bonchev–Trinajstić information content (AvgIpc) is 2.63. The van der Waals surface area contributed by atoms with E-state index in [1.54, 1.807) is 0 Å². The Kier molecular flexibility index (Phi) is 3.68. The van der Waals surface area contributed by atoms with E-state index in [1.807, 2.05) is 0 Å². The predicted octanol–water partition coefficient (Wildman–Crippen LogP) is 0.681. The lowest BCUT2D eigenvalue weighted by atomic mass is 9.77. The number of hydrogen-bond donors (Lipinski definition) is 3. The van der Waals surface area contributed by atoms with Crippen molar-refractivity contribution in [2.75, 3.05) is 6.54 Å². The van der Waals surface area contributed by atoms with Crippen LogP contribution in [0.3, 0.4) is 0 Å². The number of nitrogens with two attached hydrogens (primary N) is 1. The SMILES string of the molecule is NCC(CC1(C(=O)O)CCCC1)C(=O)O. The standard InChI is InChI=1S/C10H17NO4/c11-6-7(8(12)13)5-10(9(14)15)3-1-2-4-10/h7H,1-6,11H2,(H,12,13)(H,14,15). The molecule has 0 bridgehead atoms. The fourth-order valence-corrected chi connectivity index (χ4v) is 2.30. The summed E-state index contributed by atoms with van der Waals surface area (Å²) < 4.78 is 0. The zero-order chi connectivity index (χ0) is 11.5. The molecule has 1 atom stereocenters. The Hall–Kier alpha value is -1.10. The van der Waals surface area contributed by atoms with Crippen LogP contribution in [-0.4, -0.2) is 28.7 Å². The van der Waals surface area contributed by atoms with Crippen molar-refractivity contribution in [3.05, 3.63) is 0 Å². The molecule has 1 unspecified atom stereocenters. The van der Waals surface area contributed by atoms with Crippen LogP contribution in [-0.2, 0) is 9.59 Å². The molecule has 1 rings (SSSR count). The summed E-state index contributed by atoms with van der Waals surface area (Å²) in [6.45, 7) is 0.00433. The highest BCUT2D eigenvalue weighted by Crippen LogP contribution is 2.43. The fraction of sp³-hybridized carbons (Fsp3) is 0.800. The summed E-state index contributed by atoms with van der Waals surface area (Å²) in [7, 11) is 0. The third-order valence-electron chi connectivity index (χ3n) is 3.29. The van der Waals surface area contributed by atoms with Gasteiger partial charge in [-0.2, -0.15) is 0 Å². The molecular formula is C10H17NO4. The number of aliphatic carboxylic acids is 2. The lowest BCUT2D eigenvalue weighted by Gasteiger charge is -2.26. The van der Waals surface area contributed by atoms with Crippen molar-refractivity contribution in [1.82, 2.24) is 0 Å². The second-order valence-electron chi connectivity index (χ2n) is 4.27. The summed E-state index contributed by atoms with van der Waals surface area (Å²) in [6, 6.07) is 0. The van der Waals surface area contributed by atoms with Gasteiger partial charge in [0.25, 0.3) is 0 Å². The maximum Gasteiger partial charge on any atom is 0.309 e. The van der Waals surface area contributed by atoms with Crippen LogP contribution in [0.25, 0.3) is 0 Å². The highest BCUT2D eigenvalue weighted by atomic mass is 16.4. The number of rotatable bonds is 5. The summed E-state index contributed by atoms with van der Waals surface area (Å²) in [5.41, 5.74) is 4.49. The van der Waals surface area contributed by atoms with Crippen LogP contribution in [0.5, 0.6) is 0 Å². The molecule has 0 aromatic heterocycles. The molecule has 0 aliphatic heterocycles. The van der Waals surface area contributed by atoms with Crippen molar-refractivity contribution >= 4 is 11.9 Å². The highest BCUT2D eigenvalue weighted by Gasteiger charge is 2.43. The predicted molar refractivity (Wildman–Crippen MR) is 53.3 cm³/mol. The molecule has 0 radical (unpaired) electrons. The molecule has 1 fully saturated rings. The lowest BCUT2D eigenvalue weighted by Crippen LogP contribution is -2.35. The zero-order valence-electron chi connectivity index (χ0n) is 8.61. The molecule has 1 aliphatic carbocycles. The second-order valence-corrected chi connectivity index (χ2v) is 4.27. The van der Waals surface area contributed by atoms with Crippen molar-refractivity contribution in [1.29, 1.82) is 0 Å². The van der Waals surface area contributed by atoms with E-state index in [1.165, 1.54) is 0 Å². The van der Waals surface area contributed by atoms with Gasteiger partial charge < -0.3 is 15.9 Å². The summed E-state index contributed by atoms with van der Waals surface area (Å²) in [5.74, 6) is -2.61.